The van der Waals surface area contributed by atoms with E-state index in [1.807, 2.05) is 7.05 Å². The van der Waals surface area contributed by atoms with Crippen LogP contribution in [0.4, 0.5) is 0 Å². The first-order valence-electron chi connectivity index (χ1n) is 4.32. The highest BCUT2D eigenvalue weighted by Gasteiger charge is 2.03. The maximum Gasteiger partial charge on any atom is 0.107 e. The van der Waals surface area contributed by atoms with Crippen molar-refractivity contribution < 1.29 is 0 Å². The van der Waals surface area contributed by atoms with Gasteiger partial charge in [0, 0.05) is 9.35 Å². The third-order valence-corrected chi connectivity index (χ3v) is 4.33. The van der Waals surface area contributed by atoms with Crippen LogP contribution in [0.1, 0.15) is 17.7 Å². The molecule has 1 aromatic heterocycles. The Morgan fingerprint density at radius 3 is 2.85 bits per heavy atom. The smallest absolute Gasteiger partial charge is 0.107 e. The van der Waals surface area contributed by atoms with Gasteiger partial charge in [0.05, 0.1) is 0 Å². The SMILES string of the molecule is CNCCCCc1cc(Br)c(Cl)s1. The monoisotopic (exact) mass is 281 g/mol. The maximum atomic E-state index is 5.93. The fourth-order valence-electron chi connectivity index (χ4n) is 1.12. The standard InChI is InChI=1S/C9H13BrClNS/c1-12-5-3-2-4-7-6-8(10)9(11)13-7/h6,12H,2-5H2,1H3. The molecule has 1 heterocycles. The zero-order valence-electron chi connectivity index (χ0n) is 7.57. The summed E-state index contributed by atoms with van der Waals surface area (Å²) in [6.07, 6.45) is 3.59. The predicted octanol–water partition coefficient (Wildman–Crippen LogP) is 3.71. The average Bonchev–Trinajstić information content (AvgIpc) is 2.41. The van der Waals surface area contributed by atoms with Crippen molar-refractivity contribution in [2.75, 3.05) is 13.6 Å². The van der Waals surface area contributed by atoms with Gasteiger partial charge in [-0.15, -0.1) is 11.3 Å². The van der Waals surface area contributed by atoms with E-state index in [0.717, 1.165) is 21.8 Å². The van der Waals surface area contributed by atoms with E-state index in [9.17, 15) is 0 Å². The molecule has 13 heavy (non-hydrogen) atoms. The molecular weight excluding hydrogens is 270 g/mol. The molecule has 0 saturated heterocycles. The van der Waals surface area contributed by atoms with Crippen molar-refractivity contribution >= 4 is 38.9 Å². The van der Waals surface area contributed by atoms with Crippen LogP contribution in [-0.2, 0) is 6.42 Å². The molecule has 0 aliphatic heterocycles. The summed E-state index contributed by atoms with van der Waals surface area (Å²) in [5.41, 5.74) is 0. The minimum absolute atomic E-state index is 0.864. The lowest BCUT2D eigenvalue weighted by Crippen LogP contribution is -2.07. The van der Waals surface area contributed by atoms with E-state index in [1.165, 1.54) is 17.7 Å². The van der Waals surface area contributed by atoms with Gasteiger partial charge in [0.25, 0.3) is 0 Å². The molecule has 74 valence electrons. The Hall–Kier alpha value is 0.430. The van der Waals surface area contributed by atoms with Crippen LogP contribution in [-0.4, -0.2) is 13.6 Å². The van der Waals surface area contributed by atoms with Gasteiger partial charge >= 0.3 is 0 Å². The highest BCUT2D eigenvalue weighted by molar-refractivity contribution is 9.10. The molecular formula is C9H13BrClNS. The molecule has 4 heteroatoms. The molecule has 0 amide bonds. The summed E-state index contributed by atoms with van der Waals surface area (Å²) in [4.78, 5) is 1.37. The maximum absolute atomic E-state index is 5.93. The predicted molar refractivity (Wildman–Crippen MR) is 63.9 cm³/mol. The molecule has 0 atom stereocenters. The quantitative estimate of drug-likeness (QED) is 0.812. The number of hydrogen-bond acceptors (Lipinski definition) is 2. The molecule has 0 aromatic carbocycles. The minimum atomic E-state index is 0.864. The number of unbranched alkanes of at least 4 members (excludes halogenated alkanes) is 1. The van der Waals surface area contributed by atoms with E-state index in [2.05, 4.69) is 27.3 Å². The molecule has 1 rings (SSSR count). The Morgan fingerprint density at radius 2 is 2.31 bits per heavy atom. The summed E-state index contributed by atoms with van der Waals surface area (Å²) in [5.74, 6) is 0. The van der Waals surface area contributed by atoms with E-state index in [1.54, 1.807) is 11.3 Å². The third kappa shape index (κ3) is 3.98. The van der Waals surface area contributed by atoms with Crippen LogP contribution in [0.25, 0.3) is 0 Å². The molecule has 1 aromatic rings. The lowest BCUT2D eigenvalue weighted by atomic mass is 10.2. The van der Waals surface area contributed by atoms with Crippen LogP contribution in [0, 0.1) is 0 Å². The van der Waals surface area contributed by atoms with E-state index in [-0.39, 0.29) is 0 Å². The van der Waals surface area contributed by atoms with Crippen LogP contribution in [0.3, 0.4) is 0 Å². The molecule has 0 fully saturated rings. The van der Waals surface area contributed by atoms with Gasteiger partial charge < -0.3 is 5.32 Å². The number of aryl methyl sites for hydroxylation is 1. The first kappa shape index (κ1) is 11.5. The lowest BCUT2D eigenvalue weighted by Gasteiger charge is -1.97. The molecule has 0 bridgehead atoms. The lowest BCUT2D eigenvalue weighted by molar-refractivity contribution is 0.680. The van der Waals surface area contributed by atoms with E-state index in [4.69, 9.17) is 11.6 Å². The Kier molecular flexibility index (Phi) is 5.32. The number of rotatable bonds is 5. The fourth-order valence-corrected chi connectivity index (χ4v) is 2.95. The van der Waals surface area contributed by atoms with Gasteiger partial charge in [0.1, 0.15) is 4.34 Å². The van der Waals surface area contributed by atoms with Crippen molar-refractivity contribution in [3.8, 4) is 0 Å². The largest absolute Gasteiger partial charge is 0.320 e. The molecule has 0 aliphatic rings. The van der Waals surface area contributed by atoms with Gasteiger partial charge in [-0.3, -0.25) is 0 Å². The molecule has 0 saturated carbocycles. The molecule has 0 unspecified atom stereocenters. The fraction of sp³-hybridized carbons (Fsp3) is 0.556. The Balaban J connectivity index is 2.29. The van der Waals surface area contributed by atoms with Crippen LogP contribution in [0.5, 0.6) is 0 Å². The first-order chi connectivity index (χ1) is 6.24. The molecule has 0 radical (unpaired) electrons. The minimum Gasteiger partial charge on any atom is -0.320 e. The average molecular weight is 283 g/mol. The van der Waals surface area contributed by atoms with Gasteiger partial charge in [-0.2, -0.15) is 0 Å². The number of halogens is 2. The van der Waals surface area contributed by atoms with Gasteiger partial charge in [0.2, 0.25) is 0 Å². The van der Waals surface area contributed by atoms with Gasteiger partial charge in [0.15, 0.2) is 0 Å². The summed E-state index contributed by atoms with van der Waals surface area (Å²) in [7, 11) is 1.98. The Bertz CT molecular complexity index is 243. The van der Waals surface area contributed by atoms with Gasteiger partial charge in [-0.25, -0.2) is 0 Å². The second-order valence-corrected chi connectivity index (χ2v) is 5.49. The Labute approximate surface area is 96.6 Å². The van der Waals surface area contributed by atoms with Crippen molar-refractivity contribution in [3.05, 3.63) is 19.8 Å². The van der Waals surface area contributed by atoms with Crippen LogP contribution >= 0.6 is 38.9 Å². The van der Waals surface area contributed by atoms with E-state index < -0.39 is 0 Å². The summed E-state index contributed by atoms with van der Waals surface area (Å²) >= 11 is 11.0. The van der Waals surface area contributed by atoms with E-state index in [0.29, 0.717) is 0 Å². The van der Waals surface area contributed by atoms with Crippen molar-refractivity contribution in [1.29, 1.82) is 0 Å². The first-order valence-corrected chi connectivity index (χ1v) is 6.31. The highest BCUT2D eigenvalue weighted by atomic mass is 79.9. The molecule has 1 N–H and O–H groups in total. The number of nitrogens with one attached hydrogen (secondary N) is 1. The van der Waals surface area contributed by atoms with Crippen molar-refractivity contribution in [2.24, 2.45) is 0 Å². The van der Waals surface area contributed by atoms with Gasteiger partial charge in [-0.05, 0) is 54.9 Å². The molecule has 0 spiro atoms. The zero-order valence-corrected chi connectivity index (χ0v) is 10.7. The van der Waals surface area contributed by atoms with E-state index >= 15 is 0 Å². The molecule has 1 nitrogen and oxygen atoms in total. The van der Waals surface area contributed by atoms with Crippen LogP contribution in [0.15, 0.2) is 10.5 Å². The van der Waals surface area contributed by atoms with Crippen LogP contribution in [0.2, 0.25) is 4.34 Å². The van der Waals surface area contributed by atoms with Crippen molar-refractivity contribution in [2.45, 2.75) is 19.3 Å². The van der Waals surface area contributed by atoms with Crippen molar-refractivity contribution in [3.63, 3.8) is 0 Å². The Morgan fingerprint density at radius 1 is 1.54 bits per heavy atom. The second-order valence-electron chi connectivity index (χ2n) is 2.90. The van der Waals surface area contributed by atoms with Gasteiger partial charge in [-0.1, -0.05) is 11.6 Å². The summed E-state index contributed by atoms with van der Waals surface area (Å²) in [5, 5.41) is 3.14. The highest BCUT2D eigenvalue weighted by Crippen LogP contribution is 2.32. The number of hydrogen-bond donors (Lipinski definition) is 1. The zero-order chi connectivity index (χ0) is 9.68. The second kappa shape index (κ2) is 6.02. The molecule has 0 aliphatic carbocycles. The van der Waals surface area contributed by atoms with Crippen molar-refractivity contribution in [1.82, 2.24) is 5.32 Å². The van der Waals surface area contributed by atoms with Crippen LogP contribution < -0.4 is 5.32 Å². The summed E-state index contributed by atoms with van der Waals surface area (Å²) in [6, 6.07) is 2.12. The third-order valence-electron chi connectivity index (χ3n) is 1.80. The topological polar surface area (TPSA) is 12.0 Å². The normalized spacial score (nSPS) is 10.7. The summed E-state index contributed by atoms with van der Waals surface area (Å²) < 4.78 is 1.89. The summed E-state index contributed by atoms with van der Waals surface area (Å²) in [6.45, 7) is 1.10. The number of thiophene rings is 1.